The summed E-state index contributed by atoms with van der Waals surface area (Å²) in [6.07, 6.45) is 0.523. The zero-order valence-corrected chi connectivity index (χ0v) is 8.75. The Bertz CT molecular complexity index is 271. The molecule has 0 aliphatic rings. The maximum atomic E-state index is 9.22. The summed E-state index contributed by atoms with van der Waals surface area (Å²) in [4.78, 5) is 0. The van der Waals surface area contributed by atoms with Gasteiger partial charge < -0.3 is 5.11 Å². The van der Waals surface area contributed by atoms with Crippen LogP contribution in [0.4, 0.5) is 0 Å². The highest BCUT2D eigenvalue weighted by atomic mass is 35.5. The Hall–Kier alpha value is -0.530. The molecule has 13 heavy (non-hydrogen) atoms. The summed E-state index contributed by atoms with van der Waals surface area (Å²) < 4.78 is 0. The molecular weight excluding hydrogens is 184 g/mol. The lowest BCUT2D eigenvalue weighted by molar-refractivity contribution is 0.176. The van der Waals surface area contributed by atoms with Gasteiger partial charge in [0.25, 0.3) is 0 Å². The summed E-state index contributed by atoms with van der Waals surface area (Å²) in [5.74, 6) is 0.360. The predicted octanol–water partition coefficient (Wildman–Crippen LogP) is 3.21. The fourth-order valence-electron chi connectivity index (χ4n) is 1.46. The van der Waals surface area contributed by atoms with E-state index in [0.717, 1.165) is 11.4 Å². The lowest BCUT2D eigenvalue weighted by Gasteiger charge is -2.13. The lowest BCUT2D eigenvalue weighted by Crippen LogP contribution is -2.05. The van der Waals surface area contributed by atoms with Gasteiger partial charge in [0.05, 0.1) is 6.10 Å². The summed E-state index contributed by atoms with van der Waals surface area (Å²) in [6, 6.07) is 7.80. The average Bonchev–Trinajstić information content (AvgIpc) is 2.03. The van der Waals surface area contributed by atoms with E-state index in [4.69, 9.17) is 11.6 Å². The van der Waals surface area contributed by atoms with Crippen LogP contribution in [0.3, 0.4) is 0 Å². The Labute approximate surface area is 84.4 Å². The van der Waals surface area contributed by atoms with Crippen LogP contribution >= 0.6 is 11.6 Å². The smallest absolute Gasteiger partial charge is 0.0517 e. The van der Waals surface area contributed by atoms with Gasteiger partial charge in [0, 0.05) is 5.02 Å². The molecule has 1 rings (SSSR count). The molecule has 2 unspecified atom stereocenters. The fourth-order valence-corrected chi connectivity index (χ4v) is 1.66. The number of halogens is 1. The Balaban J connectivity index is 2.71. The molecule has 0 fully saturated rings. The van der Waals surface area contributed by atoms with Gasteiger partial charge in [0.2, 0.25) is 0 Å². The Morgan fingerprint density at radius 3 is 2.62 bits per heavy atom. The van der Waals surface area contributed by atoms with E-state index in [1.165, 1.54) is 5.56 Å². The van der Waals surface area contributed by atoms with Gasteiger partial charge in [-0.25, -0.2) is 0 Å². The van der Waals surface area contributed by atoms with Crippen molar-refractivity contribution in [2.75, 3.05) is 0 Å². The first-order valence-electron chi connectivity index (χ1n) is 4.53. The minimum absolute atomic E-state index is 0.256. The van der Waals surface area contributed by atoms with Crippen LogP contribution in [-0.4, -0.2) is 11.2 Å². The third-order valence-electron chi connectivity index (χ3n) is 2.11. The number of hydrogen-bond donors (Lipinski definition) is 1. The highest BCUT2D eigenvalue weighted by molar-refractivity contribution is 6.30. The van der Waals surface area contributed by atoms with Crippen LogP contribution in [0.1, 0.15) is 31.7 Å². The molecule has 0 aliphatic heterocycles. The van der Waals surface area contributed by atoms with Crippen molar-refractivity contribution in [3.05, 3.63) is 34.9 Å². The highest BCUT2D eigenvalue weighted by Gasteiger charge is 2.08. The average molecular weight is 199 g/mol. The molecule has 1 aromatic rings. The first-order valence-corrected chi connectivity index (χ1v) is 4.91. The van der Waals surface area contributed by atoms with Gasteiger partial charge >= 0.3 is 0 Å². The van der Waals surface area contributed by atoms with E-state index in [0.29, 0.717) is 5.92 Å². The van der Waals surface area contributed by atoms with Crippen molar-refractivity contribution in [1.29, 1.82) is 0 Å². The molecule has 2 heteroatoms. The van der Waals surface area contributed by atoms with Gasteiger partial charge in [0.1, 0.15) is 0 Å². The Morgan fingerprint density at radius 2 is 2.08 bits per heavy atom. The normalized spacial score (nSPS) is 15.4. The minimum Gasteiger partial charge on any atom is -0.393 e. The molecule has 1 nitrogen and oxygen atoms in total. The van der Waals surface area contributed by atoms with Gasteiger partial charge in [-0.2, -0.15) is 0 Å². The standard InChI is InChI=1S/C11H15ClO/c1-8(6-9(2)13)10-4-3-5-11(12)7-10/h3-5,7-9,13H,6H2,1-2H3. The predicted molar refractivity (Wildman–Crippen MR) is 56.2 cm³/mol. The molecular formula is C11H15ClO. The van der Waals surface area contributed by atoms with Crippen LogP contribution in [-0.2, 0) is 0 Å². The van der Waals surface area contributed by atoms with Crippen LogP contribution in [0.15, 0.2) is 24.3 Å². The molecule has 0 aromatic heterocycles. The van der Waals surface area contributed by atoms with Crippen molar-refractivity contribution in [2.24, 2.45) is 0 Å². The van der Waals surface area contributed by atoms with E-state index in [1.54, 1.807) is 6.92 Å². The summed E-state index contributed by atoms with van der Waals surface area (Å²) >= 11 is 5.86. The van der Waals surface area contributed by atoms with Gasteiger partial charge in [-0.3, -0.25) is 0 Å². The number of benzene rings is 1. The van der Waals surface area contributed by atoms with E-state index in [-0.39, 0.29) is 6.10 Å². The summed E-state index contributed by atoms with van der Waals surface area (Å²) in [5, 5.41) is 9.98. The molecule has 2 atom stereocenters. The molecule has 0 bridgehead atoms. The van der Waals surface area contributed by atoms with Crippen LogP contribution in [0.5, 0.6) is 0 Å². The van der Waals surface area contributed by atoms with Crippen molar-refractivity contribution in [1.82, 2.24) is 0 Å². The first-order chi connectivity index (χ1) is 6.09. The molecule has 0 radical (unpaired) electrons. The SMILES string of the molecule is CC(O)CC(C)c1cccc(Cl)c1. The Kier molecular flexibility index (Phi) is 3.76. The number of aliphatic hydroxyl groups is 1. The third kappa shape index (κ3) is 3.37. The number of rotatable bonds is 3. The Morgan fingerprint density at radius 1 is 1.38 bits per heavy atom. The van der Waals surface area contributed by atoms with E-state index in [9.17, 15) is 5.11 Å². The molecule has 1 N–H and O–H groups in total. The van der Waals surface area contributed by atoms with Gasteiger partial charge in [0.15, 0.2) is 0 Å². The van der Waals surface area contributed by atoms with Crippen molar-refractivity contribution in [3.63, 3.8) is 0 Å². The van der Waals surface area contributed by atoms with Crippen molar-refractivity contribution in [3.8, 4) is 0 Å². The molecule has 0 amide bonds. The maximum absolute atomic E-state index is 9.22. The van der Waals surface area contributed by atoms with Crippen LogP contribution < -0.4 is 0 Å². The molecule has 1 aromatic carbocycles. The largest absolute Gasteiger partial charge is 0.393 e. The second kappa shape index (κ2) is 4.64. The second-order valence-electron chi connectivity index (χ2n) is 3.54. The molecule has 0 spiro atoms. The van der Waals surface area contributed by atoms with Crippen LogP contribution in [0.25, 0.3) is 0 Å². The summed E-state index contributed by atoms with van der Waals surface area (Å²) in [5.41, 5.74) is 1.19. The summed E-state index contributed by atoms with van der Waals surface area (Å²) in [6.45, 7) is 3.90. The van der Waals surface area contributed by atoms with Gasteiger partial charge in [-0.05, 0) is 37.0 Å². The van der Waals surface area contributed by atoms with E-state index in [1.807, 2.05) is 24.3 Å². The number of hydrogen-bond acceptors (Lipinski definition) is 1. The van der Waals surface area contributed by atoms with Gasteiger partial charge in [-0.1, -0.05) is 30.7 Å². The zero-order chi connectivity index (χ0) is 9.84. The van der Waals surface area contributed by atoms with E-state index >= 15 is 0 Å². The van der Waals surface area contributed by atoms with Gasteiger partial charge in [-0.15, -0.1) is 0 Å². The highest BCUT2D eigenvalue weighted by Crippen LogP contribution is 2.23. The van der Waals surface area contributed by atoms with Crippen molar-refractivity contribution < 1.29 is 5.11 Å². The second-order valence-corrected chi connectivity index (χ2v) is 3.98. The summed E-state index contributed by atoms with van der Waals surface area (Å²) in [7, 11) is 0. The first kappa shape index (κ1) is 10.6. The molecule has 0 saturated carbocycles. The van der Waals surface area contributed by atoms with E-state index < -0.39 is 0 Å². The fraction of sp³-hybridized carbons (Fsp3) is 0.455. The molecule has 0 heterocycles. The quantitative estimate of drug-likeness (QED) is 0.791. The van der Waals surface area contributed by atoms with Crippen molar-refractivity contribution >= 4 is 11.6 Å². The topological polar surface area (TPSA) is 20.2 Å². The monoisotopic (exact) mass is 198 g/mol. The van der Waals surface area contributed by atoms with Crippen LogP contribution in [0, 0.1) is 0 Å². The molecule has 0 aliphatic carbocycles. The lowest BCUT2D eigenvalue weighted by atomic mass is 9.96. The maximum Gasteiger partial charge on any atom is 0.0517 e. The zero-order valence-electron chi connectivity index (χ0n) is 8.00. The van der Waals surface area contributed by atoms with E-state index in [2.05, 4.69) is 6.92 Å². The minimum atomic E-state index is -0.256. The molecule has 72 valence electrons. The molecule has 0 saturated heterocycles. The van der Waals surface area contributed by atoms with Crippen LogP contribution in [0.2, 0.25) is 5.02 Å². The van der Waals surface area contributed by atoms with Crippen molar-refractivity contribution in [2.45, 2.75) is 32.3 Å². The number of aliphatic hydroxyl groups excluding tert-OH is 1. The third-order valence-corrected chi connectivity index (χ3v) is 2.35.